The predicted octanol–water partition coefficient (Wildman–Crippen LogP) is 2.54. The summed E-state index contributed by atoms with van der Waals surface area (Å²) < 4.78 is 27.5. The molecule has 0 saturated carbocycles. The van der Waals surface area contributed by atoms with Crippen LogP contribution in [0.5, 0.6) is 0 Å². The van der Waals surface area contributed by atoms with Crippen LogP contribution < -0.4 is 10.5 Å². The van der Waals surface area contributed by atoms with Crippen LogP contribution in [0, 0.1) is 6.92 Å². The van der Waals surface area contributed by atoms with Gasteiger partial charge < -0.3 is 5.73 Å². The molecule has 0 unspecified atom stereocenters. The van der Waals surface area contributed by atoms with Gasteiger partial charge in [-0.05, 0) is 58.7 Å². The molecule has 0 bridgehead atoms. The van der Waals surface area contributed by atoms with E-state index >= 15 is 0 Å². The van der Waals surface area contributed by atoms with E-state index in [2.05, 4.69) is 25.6 Å². The molecule has 0 amide bonds. The number of nitrogens with zero attached hydrogens (tertiary/aromatic N) is 1. The van der Waals surface area contributed by atoms with Crippen LogP contribution in [0.3, 0.4) is 0 Å². The van der Waals surface area contributed by atoms with Crippen molar-refractivity contribution >= 4 is 37.5 Å². The van der Waals surface area contributed by atoms with Gasteiger partial charge in [-0.1, -0.05) is 0 Å². The monoisotopic (exact) mass is 341 g/mol. The predicted molar refractivity (Wildman–Crippen MR) is 78.3 cm³/mol. The van der Waals surface area contributed by atoms with Crippen molar-refractivity contribution in [2.24, 2.45) is 0 Å². The van der Waals surface area contributed by atoms with Crippen molar-refractivity contribution < 1.29 is 8.42 Å². The van der Waals surface area contributed by atoms with Gasteiger partial charge in [-0.15, -0.1) is 0 Å². The van der Waals surface area contributed by atoms with E-state index in [1.54, 1.807) is 13.0 Å². The second-order valence-corrected chi connectivity index (χ2v) is 6.59. The number of rotatable bonds is 3. The zero-order valence-electron chi connectivity index (χ0n) is 10.1. The van der Waals surface area contributed by atoms with E-state index in [4.69, 9.17) is 5.73 Å². The molecule has 1 heterocycles. The summed E-state index contributed by atoms with van der Waals surface area (Å²) in [6, 6.07) is 7.76. The van der Waals surface area contributed by atoms with Crippen LogP contribution in [0.4, 0.5) is 11.5 Å². The van der Waals surface area contributed by atoms with Crippen molar-refractivity contribution in [2.45, 2.75) is 11.8 Å². The minimum Gasteiger partial charge on any atom is -0.399 e. The molecule has 2 aromatic rings. The maximum atomic E-state index is 12.1. The van der Waals surface area contributed by atoms with Gasteiger partial charge in [-0.3, -0.25) is 4.72 Å². The first-order valence-electron chi connectivity index (χ1n) is 5.39. The second-order valence-electron chi connectivity index (χ2n) is 3.99. The SMILES string of the molecule is Cc1cc(Br)cnc1NS(=O)(=O)c1ccc(N)cc1. The van der Waals surface area contributed by atoms with Gasteiger partial charge in [0.2, 0.25) is 0 Å². The summed E-state index contributed by atoms with van der Waals surface area (Å²) in [6.07, 6.45) is 1.54. The molecule has 0 aliphatic heterocycles. The number of hydrogen-bond acceptors (Lipinski definition) is 4. The molecule has 2 rings (SSSR count). The molecule has 0 fully saturated rings. The Bertz CT molecular complexity index is 699. The Balaban J connectivity index is 2.33. The number of aryl methyl sites for hydroxylation is 1. The van der Waals surface area contributed by atoms with E-state index in [-0.39, 0.29) is 4.90 Å². The van der Waals surface area contributed by atoms with E-state index in [1.807, 2.05) is 0 Å². The Morgan fingerprint density at radius 1 is 1.26 bits per heavy atom. The molecule has 1 aromatic carbocycles. The quantitative estimate of drug-likeness (QED) is 0.840. The third kappa shape index (κ3) is 3.24. The molecule has 0 saturated heterocycles. The Morgan fingerprint density at radius 2 is 1.89 bits per heavy atom. The lowest BCUT2D eigenvalue weighted by molar-refractivity contribution is 0.601. The highest BCUT2D eigenvalue weighted by atomic mass is 79.9. The van der Waals surface area contributed by atoms with Gasteiger partial charge in [0.05, 0.1) is 4.90 Å². The average molecular weight is 342 g/mol. The lowest BCUT2D eigenvalue weighted by Crippen LogP contribution is -2.14. The first-order chi connectivity index (χ1) is 8.88. The highest BCUT2D eigenvalue weighted by Gasteiger charge is 2.15. The number of pyridine rings is 1. The first-order valence-corrected chi connectivity index (χ1v) is 7.66. The summed E-state index contributed by atoms with van der Waals surface area (Å²) in [5.41, 5.74) is 6.77. The normalized spacial score (nSPS) is 11.3. The fourth-order valence-corrected chi connectivity index (χ4v) is 3.01. The van der Waals surface area contributed by atoms with Gasteiger partial charge in [-0.2, -0.15) is 0 Å². The third-order valence-corrected chi connectivity index (χ3v) is 4.25. The number of nitrogens with two attached hydrogens (primary N) is 1. The minimum absolute atomic E-state index is 0.144. The van der Waals surface area contributed by atoms with Crippen LogP contribution in [0.25, 0.3) is 0 Å². The lowest BCUT2D eigenvalue weighted by Gasteiger charge is -2.09. The van der Waals surface area contributed by atoms with Crippen molar-refractivity contribution in [1.29, 1.82) is 0 Å². The molecule has 0 radical (unpaired) electrons. The zero-order valence-corrected chi connectivity index (χ0v) is 12.5. The van der Waals surface area contributed by atoms with Crippen LogP contribution in [-0.4, -0.2) is 13.4 Å². The van der Waals surface area contributed by atoms with Gasteiger partial charge in [0, 0.05) is 16.4 Å². The third-order valence-electron chi connectivity index (χ3n) is 2.47. The van der Waals surface area contributed by atoms with Gasteiger partial charge in [-0.25, -0.2) is 13.4 Å². The maximum Gasteiger partial charge on any atom is 0.263 e. The molecule has 1 aromatic heterocycles. The number of benzene rings is 1. The highest BCUT2D eigenvalue weighted by molar-refractivity contribution is 9.10. The summed E-state index contributed by atoms with van der Waals surface area (Å²) >= 11 is 3.28. The summed E-state index contributed by atoms with van der Waals surface area (Å²) in [4.78, 5) is 4.19. The van der Waals surface area contributed by atoms with Crippen molar-refractivity contribution in [3.05, 3.63) is 46.6 Å². The molecule has 0 atom stereocenters. The van der Waals surface area contributed by atoms with Crippen molar-refractivity contribution in [1.82, 2.24) is 4.98 Å². The fraction of sp³-hybridized carbons (Fsp3) is 0.0833. The number of anilines is 2. The largest absolute Gasteiger partial charge is 0.399 e. The van der Waals surface area contributed by atoms with Crippen molar-refractivity contribution in [3.63, 3.8) is 0 Å². The Labute approximate surface area is 120 Å². The van der Waals surface area contributed by atoms with Crippen LogP contribution in [-0.2, 0) is 10.0 Å². The number of aromatic nitrogens is 1. The standard InChI is InChI=1S/C12H12BrN3O2S/c1-8-6-9(13)7-15-12(8)16-19(17,18)11-4-2-10(14)3-5-11/h2-7H,14H2,1H3,(H,15,16). The molecule has 3 N–H and O–H groups in total. The number of hydrogen-bond donors (Lipinski definition) is 2. The number of sulfonamides is 1. The van der Waals surface area contributed by atoms with E-state index in [1.165, 1.54) is 30.5 Å². The van der Waals surface area contributed by atoms with Gasteiger partial charge in [0.25, 0.3) is 10.0 Å². The summed E-state index contributed by atoms with van der Waals surface area (Å²) in [5.74, 6) is 0.306. The topological polar surface area (TPSA) is 85.1 Å². The number of nitrogen functional groups attached to an aromatic ring is 1. The lowest BCUT2D eigenvalue weighted by atomic mass is 10.3. The molecule has 0 spiro atoms. The summed E-state index contributed by atoms with van der Waals surface area (Å²) in [7, 11) is -3.65. The molecule has 0 aliphatic rings. The van der Waals surface area contributed by atoms with E-state index < -0.39 is 10.0 Å². The zero-order chi connectivity index (χ0) is 14.0. The smallest absolute Gasteiger partial charge is 0.263 e. The molecular formula is C12H12BrN3O2S. The molecule has 5 nitrogen and oxygen atoms in total. The molecule has 19 heavy (non-hydrogen) atoms. The van der Waals surface area contributed by atoms with Crippen LogP contribution in [0.15, 0.2) is 45.9 Å². The van der Waals surface area contributed by atoms with Crippen LogP contribution in [0.2, 0.25) is 0 Å². The summed E-state index contributed by atoms with van der Waals surface area (Å²) in [5, 5.41) is 0. The highest BCUT2D eigenvalue weighted by Crippen LogP contribution is 2.20. The van der Waals surface area contributed by atoms with Crippen molar-refractivity contribution in [2.75, 3.05) is 10.5 Å². The second kappa shape index (κ2) is 5.18. The Morgan fingerprint density at radius 3 is 2.47 bits per heavy atom. The number of nitrogens with one attached hydrogen (secondary N) is 1. The van der Waals surface area contributed by atoms with E-state index in [9.17, 15) is 8.42 Å². The molecule has 7 heteroatoms. The van der Waals surface area contributed by atoms with Gasteiger partial charge in [0.15, 0.2) is 0 Å². The molecular weight excluding hydrogens is 330 g/mol. The first kappa shape index (κ1) is 13.8. The van der Waals surface area contributed by atoms with Gasteiger partial charge >= 0.3 is 0 Å². The van der Waals surface area contributed by atoms with Crippen LogP contribution in [0.1, 0.15) is 5.56 Å². The number of halogens is 1. The van der Waals surface area contributed by atoms with E-state index in [0.717, 1.165) is 10.0 Å². The molecule has 0 aliphatic carbocycles. The maximum absolute atomic E-state index is 12.1. The van der Waals surface area contributed by atoms with Gasteiger partial charge in [0.1, 0.15) is 5.82 Å². The molecule has 100 valence electrons. The Hall–Kier alpha value is -1.60. The minimum atomic E-state index is -3.65. The van der Waals surface area contributed by atoms with Crippen molar-refractivity contribution in [3.8, 4) is 0 Å². The average Bonchev–Trinajstić information content (AvgIpc) is 2.33. The van der Waals surface area contributed by atoms with E-state index in [0.29, 0.717) is 11.5 Å². The van der Waals surface area contributed by atoms with Crippen LogP contribution >= 0.6 is 15.9 Å². The Kier molecular flexibility index (Phi) is 3.77. The summed E-state index contributed by atoms with van der Waals surface area (Å²) in [6.45, 7) is 1.78. The fourth-order valence-electron chi connectivity index (χ4n) is 1.48.